The fourth-order valence-electron chi connectivity index (χ4n) is 3.25. The van der Waals surface area contributed by atoms with E-state index in [4.69, 9.17) is 11.4 Å². The van der Waals surface area contributed by atoms with E-state index >= 15 is 0 Å². The molecule has 0 aromatic rings. The smallest absolute Gasteiger partial charge is 0.449 e. The van der Waals surface area contributed by atoms with E-state index in [1.54, 1.807) is 0 Å². The average Bonchev–Trinajstić information content (AvgIpc) is 2.18. The average molecular weight is 376 g/mol. The van der Waals surface area contributed by atoms with Crippen LogP contribution in [0.4, 0.5) is 0 Å². The van der Waals surface area contributed by atoms with Crippen molar-refractivity contribution in [1.29, 1.82) is 0 Å². The molecule has 0 aromatic carbocycles. The molecule has 0 aliphatic rings. The first-order valence-electron chi connectivity index (χ1n) is 9.01. The van der Waals surface area contributed by atoms with Crippen LogP contribution in [0.15, 0.2) is 0 Å². The van der Waals surface area contributed by atoms with Crippen LogP contribution in [0.3, 0.4) is 0 Å². The molecule has 0 unspecified atom stereocenters. The number of nitrogens with zero attached hydrogens (tertiary/aromatic N) is 3. The molecule has 150 valence electrons. The monoisotopic (exact) mass is 375 g/mol. The molecule has 6 nitrogen and oxygen atoms in total. The third-order valence-electron chi connectivity index (χ3n) is 3.34. The zero-order valence-corrected chi connectivity index (χ0v) is 19.9. The number of hydrogen-bond donors (Lipinski definition) is 0. The van der Waals surface area contributed by atoms with Crippen molar-refractivity contribution in [3.05, 3.63) is 0 Å². The van der Waals surface area contributed by atoms with Gasteiger partial charge in [-0.1, -0.05) is 0 Å². The largest absolute Gasteiger partial charge is 0.906 e. The summed E-state index contributed by atoms with van der Waals surface area (Å²) >= 11 is -2.37. The van der Waals surface area contributed by atoms with E-state index in [0.717, 1.165) is 19.6 Å². The quantitative estimate of drug-likeness (QED) is 0.486. The molecule has 7 heteroatoms. The summed E-state index contributed by atoms with van der Waals surface area (Å²) in [6, 6.07) is 0. The Hall–Kier alpha value is 0.292. The van der Waals surface area contributed by atoms with Gasteiger partial charge in [0.05, 0.1) is 0 Å². The Kier molecular flexibility index (Phi) is 10.1. The second-order valence-electron chi connectivity index (χ2n) is 9.63. The molecule has 0 rings (SSSR count). The molecular formula is C18H42AlN3O3. The topological polar surface area (TPSA) is 37.4 Å². The van der Waals surface area contributed by atoms with Crippen molar-refractivity contribution in [2.24, 2.45) is 0 Å². The lowest BCUT2D eigenvalue weighted by atomic mass is 10.1. The molecule has 25 heavy (non-hydrogen) atoms. The van der Waals surface area contributed by atoms with Crippen LogP contribution in [-0.4, -0.2) is 109 Å². The van der Waals surface area contributed by atoms with Crippen LogP contribution in [0.2, 0.25) is 0 Å². The Morgan fingerprint density at radius 2 is 0.720 bits per heavy atom. The van der Waals surface area contributed by atoms with Gasteiger partial charge in [-0.3, -0.25) is 0 Å². The van der Waals surface area contributed by atoms with Gasteiger partial charge in [-0.15, -0.1) is 0 Å². The zero-order valence-electron chi connectivity index (χ0n) is 18.8. The second-order valence-corrected chi connectivity index (χ2v) is 10.9. The number of likely N-dealkylation sites (N-methyl/N-ethyl adjacent to an activating group) is 3. The molecule has 0 fully saturated rings. The lowest BCUT2D eigenvalue weighted by Crippen LogP contribution is -2.53. The Morgan fingerprint density at radius 3 is 0.880 bits per heavy atom. The highest BCUT2D eigenvalue weighted by Crippen LogP contribution is 2.22. The summed E-state index contributed by atoms with van der Waals surface area (Å²) in [5, 5.41) is 0. The van der Waals surface area contributed by atoms with E-state index in [2.05, 4.69) is 98.5 Å². The van der Waals surface area contributed by atoms with Crippen molar-refractivity contribution in [3.8, 4) is 0 Å². The van der Waals surface area contributed by atoms with Gasteiger partial charge in [-0.2, -0.15) is 0 Å². The predicted octanol–water partition coefficient (Wildman–Crippen LogP) is 2.04. The molecule has 0 N–H and O–H groups in total. The molecule has 0 bridgehead atoms. The van der Waals surface area contributed by atoms with Gasteiger partial charge in [0.15, 0.2) is 0 Å². The first-order chi connectivity index (χ1) is 11.0. The third kappa shape index (κ3) is 13.2. The number of hydrogen-bond acceptors (Lipinski definition) is 6. The molecule has 0 radical (unpaired) electrons. The first kappa shape index (κ1) is 25.3. The van der Waals surface area contributed by atoms with Crippen molar-refractivity contribution in [2.75, 3.05) is 61.9 Å². The van der Waals surface area contributed by atoms with Crippen molar-refractivity contribution in [2.45, 2.75) is 58.3 Å². The highest BCUT2D eigenvalue weighted by molar-refractivity contribution is 6.36. The van der Waals surface area contributed by atoms with Gasteiger partial charge in [-0.05, 0) is 83.8 Å². The second kappa shape index (κ2) is 10.0. The number of rotatable bonds is 12. The molecule has 0 heterocycles. The highest BCUT2D eigenvalue weighted by Gasteiger charge is 2.46. The Bertz CT molecular complexity index is 329. The summed E-state index contributed by atoms with van der Waals surface area (Å²) in [4.78, 5) is 6.38. The van der Waals surface area contributed by atoms with Crippen molar-refractivity contribution in [1.82, 2.24) is 14.7 Å². The molecule has 0 saturated heterocycles. The molecular weight excluding hydrogens is 333 g/mol. The molecule has 0 amide bonds. The first-order valence-corrected chi connectivity index (χ1v) is 10.4. The maximum Gasteiger partial charge on any atom is 0.906 e. The molecule has 0 spiro atoms. The van der Waals surface area contributed by atoms with Crippen LogP contribution in [0.25, 0.3) is 0 Å². The van der Waals surface area contributed by atoms with Gasteiger partial charge in [0.25, 0.3) is 0 Å². The maximum atomic E-state index is 6.40. The van der Waals surface area contributed by atoms with Crippen LogP contribution in [0.1, 0.15) is 41.5 Å². The van der Waals surface area contributed by atoms with Gasteiger partial charge >= 0.3 is 15.1 Å². The van der Waals surface area contributed by atoms with Gasteiger partial charge in [0.2, 0.25) is 0 Å². The summed E-state index contributed by atoms with van der Waals surface area (Å²) in [6.07, 6.45) is 0. The van der Waals surface area contributed by atoms with Crippen LogP contribution < -0.4 is 0 Å². The van der Waals surface area contributed by atoms with Gasteiger partial charge in [-0.25, -0.2) is 0 Å². The van der Waals surface area contributed by atoms with E-state index in [-0.39, 0.29) is 16.8 Å². The van der Waals surface area contributed by atoms with Crippen LogP contribution in [0, 0.1) is 0 Å². The lowest BCUT2D eigenvalue weighted by molar-refractivity contribution is -0.0771. The summed E-state index contributed by atoms with van der Waals surface area (Å²) in [7, 11) is 12.3. The molecule has 0 aliphatic carbocycles. The van der Waals surface area contributed by atoms with Crippen molar-refractivity contribution in [3.63, 3.8) is 0 Å². The fourth-order valence-corrected chi connectivity index (χ4v) is 5.18. The van der Waals surface area contributed by atoms with E-state index in [0.29, 0.717) is 0 Å². The molecule has 0 aliphatic heterocycles. The molecule has 0 saturated carbocycles. The predicted molar refractivity (Wildman–Crippen MR) is 107 cm³/mol. The van der Waals surface area contributed by atoms with E-state index < -0.39 is 15.1 Å². The van der Waals surface area contributed by atoms with Crippen molar-refractivity contribution >= 4 is 15.1 Å². The zero-order chi connectivity index (χ0) is 20.1. The Morgan fingerprint density at radius 1 is 0.520 bits per heavy atom. The fraction of sp³-hybridized carbons (Fsp3) is 1.00. The highest BCUT2D eigenvalue weighted by atomic mass is 27.3. The van der Waals surface area contributed by atoms with Gasteiger partial charge in [0.1, 0.15) is 0 Å². The molecule has 0 aromatic heterocycles. The van der Waals surface area contributed by atoms with E-state index in [1.165, 1.54) is 0 Å². The third-order valence-corrected chi connectivity index (χ3v) is 5.83. The minimum Gasteiger partial charge on any atom is -0.449 e. The summed E-state index contributed by atoms with van der Waals surface area (Å²) in [5.74, 6) is 0. The lowest BCUT2D eigenvalue weighted by Gasteiger charge is -2.39. The van der Waals surface area contributed by atoms with E-state index in [1.807, 2.05) is 0 Å². The van der Waals surface area contributed by atoms with Crippen molar-refractivity contribution < 1.29 is 11.4 Å². The normalized spacial score (nSPS) is 14.0. The maximum absolute atomic E-state index is 6.40. The molecule has 0 atom stereocenters. The standard InChI is InChI=1S/3C6H14NO.Al/c3*1-6(2,8)5-7(3)4;/h3*5H2,1-4H3;/q3*-1;+3. The Labute approximate surface area is 161 Å². The summed E-state index contributed by atoms with van der Waals surface area (Å²) in [6.45, 7) is 15.0. The van der Waals surface area contributed by atoms with Crippen LogP contribution >= 0.6 is 0 Å². The van der Waals surface area contributed by atoms with E-state index in [9.17, 15) is 0 Å². The Balaban J connectivity index is 5.23. The minimum absolute atomic E-state index is 0.331. The summed E-state index contributed by atoms with van der Waals surface area (Å²) in [5.41, 5.74) is -0.992. The van der Waals surface area contributed by atoms with Gasteiger partial charge in [0, 0.05) is 36.4 Å². The SMILES string of the molecule is CN(C)CC(C)(C)[O][Al]([O]C(C)(C)CN(C)C)[O]C(C)(C)CN(C)C. The minimum atomic E-state index is -2.37. The van der Waals surface area contributed by atoms with Crippen LogP contribution in [0.5, 0.6) is 0 Å². The van der Waals surface area contributed by atoms with Crippen LogP contribution in [-0.2, 0) is 11.4 Å². The van der Waals surface area contributed by atoms with Gasteiger partial charge < -0.3 is 26.1 Å². The summed E-state index contributed by atoms with van der Waals surface area (Å²) < 4.78 is 19.2.